The Kier molecular flexibility index (Phi) is 6.15. The Hall–Kier alpha value is -3.10. The van der Waals surface area contributed by atoms with Gasteiger partial charge in [-0.05, 0) is 23.8 Å². The predicted octanol–water partition coefficient (Wildman–Crippen LogP) is 4.31. The molecule has 0 aliphatic rings. The standard InChI is InChI=1S/C22H19N3O3S2/c1-2-10-25-21(27)17-12-18(15-7-4-3-5-8-15)30-20(17)24-22(25)29-14-19(26)23-13-16-9-6-11-28-16/h2-9,11-12H,1,10,13-14H2,(H,23,26). The molecular formula is C22H19N3O3S2. The van der Waals surface area contributed by atoms with Gasteiger partial charge in [0.25, 0.3) is 5.56 Å². The smallest absolute Gasteiger partial charge is 0.263 e. The fraction of sp³-hybridized carbons (Fsp3) is 0.136. The van der Waals surface area contributed by atoms with Crippen LogP contribution >= 0.6 is 23.1 Å². The number of amides is 1. The normalized spacial score (nSPS) is 10.9. The number of nitrogens with one attached hydrogen (secondary N) is 1. The number of carbonyl (C=O) groups excluding carboxylic acids is 1. The van der Waals surface area contributed by atoms with E-state index in [0.29, 0.717) is 34.2 Å². The van der Waals surface area contributed by atoms with E-state index in [0.717, 1.165) is 10.4 Å². The van der Waals surface area contributed by atoms with E-state index in [1.165, 1.54) is 23.1 Å². The van der Waals surface area contributed by atoms with Crippen molar-refractivity contribution in [1.82, 2.24) is 14.9 Å². The third-order valence-electron chi connectivity index (χ3n) is 4.36. The van der Waals surface area contributed by atoms with Gasteiger partial charge in [0.15, 0.2) is 5.16 Å². The summed E-state index contributed by atoms with van der Waals surface area (Å²) in [5, 5.41) is 3.88. The molecule has 0 saturated carbocycles. The summed E-state index contributed by atoms with van der Waals surface area (Å²) in [6.07, 6.45) is 3.22. The average Bonchev–Trinajstić information content (AvgIpc) is 3.44. The maximum absolute atomic E-state index is 13.1. The van der Waals surface area contributed by atoms with E-state index in [2.05, 4.69) is 16.9 Å². The summed E-state index contributed by atoms with van der Waals surface area (Å²) in [5.41, 5.74) is 0.915. The summed E-state index contributed by atoms with van der Waals surface area (Å²) in [6.45, 7) is 4.39. The van der Waals surface area contributed by atoms with Crippen LogP contribution in [0.1, 0.15) is 5.76 Å². The zero-order valence-corrected chi connectivity index (χ0v) is 17.7. The number of nitrogens with zero attached hydrogens (tertiary/aromatic N) is 2. The summed E-state index contributed by atoms with van der Waals surface area (Å²) in [6, 6.07) is 15.3. The van der Waals surface area contributed by atoms with Crippen molar-refractivity contribution in [3.8, 4) is 10.4 Å². The molecule has 0 saturated heterocycles. The summed E-state index contributed by atoms with van der Waals surface area (Å²) in [7, 11) is 0. The predicted molar refractivity (Wildman–Crippen MR) is 121 cm³/mol. The molecule has 0 aliphatic heterocycles. The van der Waals surface area contributed by atoms with Crippen LogP contribution in [-0.4, -0.2) is 21.2 Å². The lowest BCUT2D eigenvalue weighted by Gasteiger charge is -2.09. The van der Waals surface area contributed by atoms with E-state index in [1.807, 2.05) is 36.4 Å². The first-order valence-corrected chi connectivity index (χ1v) is 11.1. The number of furan rings is 1. The van der Waals surface area contributed by atoms with Crippen LogP contribution in [0.2, 0.25) is 0 Å². The Morgan fingerprint density at radius 3 is 2.83 bits per heavy atom. The molecule has 0 aliphatic carbocycles. The topological polar surface area (TPSA) is 77.1 Å². The molecule has 1 aromatic carbocycles. The average molecular weight is 438 g/mol. The van der Waals surface area contributed by atoms with Crippen molar-refractivity contribution >= 4 is 39.2 Å². The quantitative estimate of drug-likeness (QED) is 0.252. The number of thioether (sulfide) groups is 1. The van der Waals surface area contributed by atoms with Gasteiger partial charge in [0.1, 0.15) is 10.6 Å². The molecule has 3 aromatic heterocycles. The Morgan fingerprint density at radius 1 is 1.27 bits per heavy atom. The number of fused-ring (bicyclic) bond motifs is 1. The molecule has 0 radical (unpaired) electrons. The first-order valence-electron chi connectivity index (χ1n) is 9.28. The number of benzene rings is 1. The summed E-state index contributed by atoms with van der Waals surface area (Å²) in [5.74, 6) is 0.669. The van der Waals surface area contributed by atoms with Crippen LogP contribution < -0.4 is 10.9 Å². The third-order valence-corrected chi connectivity index (χ3v) is 6.41. The number of allylic oxidation sites excluding steroid dienone is 1. The van der Waals surface area contributed by atoms with E-state index >= 15 is 0 Å². The minimum absolute atomic E-state index is 0.128. The first-order chi connectivity index (χ1) is 14.7. The Bertz CT molecular complexity index is 1230. The number of carbonyl (C=O) groups is 1. The zero-order valence-electron chi connectivity index (χ0n) is 16.0. The van der Waals surface area contributed by atoms with Gasteiger partial charge in [0.05, 0.1) is 23.9 Å². The second kappa shape index (κ2) is 9.15. The molecule has 1 N–H and O–H groups in total. The molecule has 8 heteroatoms. The van der Waals surface area contributed by atoms with Gasteiger partial charge in [-0.1, -0.05) is 48.2 Å². The van der Waals surface area contributed by atoms with E-state index < -0.39 is 0 Å². The van der Waals surface area contributed by atoms with Gasteiger partial charge >= 0.3 is 0 Å². The van der Waals surface area contributed by atoms with E-state index in [-0.39, 0.29) is 17.2 Å². The van der Waals surface area contributed by atoms with Crippen LogP contribution in [0.5, 0.6) is 0 Å². The molecule has 0 fully saturated rings. The fourth-order valence-corrected chi connectivity index (χ4v) is 4.84. The second-order valence-corrected chi connectivity index (χ2v) is 8.41. The van der Waals surface area contributed by atoms with Crippen molar-refractivity contribution in [3.05, 3.63) is 83.6 Å². The van der Waals surface area contributed by atoms with Crippen molar-refractivity contribution in [2.45, 2.75) is 18.2 Å². The van der Waals surface area contributed by atoms with E-state index in [1.54, 1.807) is 29.0 Å². The van der Waals surface area contributed by atoms with Gasteiger partial charge < -0.3 is 9.73 Å². The summed E-state index contributed by atoms with van der Waals surface area (Å²) in [4.78, 5) is 31.6. The second-order valence-electron chi connectivity index (χ2n) is 6.44. The molecule has 1 amide bonds. The Balaban J connectivity index is 1.58. The van der Waals surface area contributed by atoms with E-state index in [9.17, 15) is 9.59 Å². The Labute approximate surface area is 181 Å². The number of hydrogen-bond acceptors (Lipinski definition) is 6. The highest BCUT2D eigenvalue weighted by molar-refractivity contribution is 7.99. The van der Waals surface area contributed by atoms with Crippen LogP contribution in [0.3, 0.4) is 0 Å². The lowest BCUT2D eigenvalue weighted by Crippen LogP contribution is -2.26. The minimum Gasteiger partial charge on any atom is -0.467 e. The highest BCUT2D eigenvalue weighted by atomic mass is 32.2. The van der Waals surface area contributed by atoms with Gasteiger partial charge in [-0.25, -0.2) is 4.98 Å². The van der Waals surface area contributed by atoms with Crippen LogP contribution in [0.15, 0.2) is 81.8 Å². The molecule has 4 rings (SSSR count). The maximum atomic E-state index is 13.1. The molecule has 0 unspecified atom stereocenters. The number of thiophene rings is 1. The summed E-state index contributed by atoms with van der Waals surface area (Å²) < 4.78 is 6.77. The van der Waals surface area contributed by atoms with Crippen molar-refractivity contribution in [2.24, 2.45) is 0 Å². The number of rotatable bonds is 8. The number of aromatic nitrogens is 2. The highest BCUT2D eigenvalue weighted by Gasteiger charge is 2.16. The van der Waals surface area contributed by atoms with Gasteiger partial charge in [0, 0.05) is 11.4 Å². The molecular weight excluding hydrogens is 418 g/mol. The largest absolute Gasteiger partial charge is 0.467 e. The molecule has 152 valence electrons. The minimum atomic E-state index is -0.160. The van der Waals surface area contributed by atoms with Crippen molar-refractivity contribution in [1.29, 1.82) is 0 Å². The lowest BCUT2D eigenvalue weighted by atomic mass is 10.2. The molecule has 6 nitrogen and oxygen atoms in total. The summed E-state index contributed by atoms with van der Waals surface area (Å²) >= 11 is 2.71. The SMILES string of the molecule is C=CCn1c(SCC(=O)NCc2ccco2)nc2sc(-c3ccccc3)cc2c1=O. The fourth-order valence-electron chi connectivity index (χ4n) is 2.92. The monoisotopic (exact) mass is 437 g/mol. The van der Waals surface area contributed by atoms with Crippen molar-refractivity contribution in [3.63, 3.8) is 0 Å². The molecule has 0 bridgehead atoms. The third kappa shape index (κ3) is 4.39. The molecule has 0 atom stereocenters. The molecule has 4 aromatic rings. The van der Waals surface area contributed by atoms with Crippen molar-refractivity contribution < 1.29 is 9.21 Å². The highest BCUT2D eigenvalue weighted by Crippen LogP contribution is 2.32. The first kappa shape index (κ1) is 20.2. The van der Waals surface area contributed by atoms with Crippen LogP contribution in [0, 0.1) is 0 Å². The van der Waals surface area contributed by atoms with Crippen LogP contribution in [-0.2, 0) is 17.9 Å². The van der Waals surface area contributed by atoms with Crippen LogP contribution in [0.25, 0.3) is 20.7 Å². The Morgan fingerprint density at radius 2 is 2.10 bits per heavy atom. The van der Waals surface area contributed by atoms with Gasteiger partial charge in [-0.2, -0.15) is 0 Å². The number of hydrogen-bond donors (Lipinski definition) is 1. The van der Waals surface area contributed by atoms with Gasteiger partial charge in [-0.3, -0.25) is 14.2 Å². The van der Waals surface area contributed by atoms with Gasteiger partial charge in [0.2, 0.25) is 5.91 Å². The molecule has 3 heterocycles. The zero-order chi connectivity index (χ0) is 20.9. The van der Waals surface area contributed by atoms with Crippen LogP contribution in [0.4, 0.5) is 0 Å². The van der Waals surface area contributed by atoms with Crippen molar-refractivity contribution in [2.75, 3.05) is 5.75 Å². The van der Waals surface area contributed by atoms with Gasteiger partial charge in [-0.15, -0.1) is 17.9 Å². The lowest BCUT2D eigenvalue weighted by molar-refractivity contribution is -0.118. The molecule has 0 spiro atoms. The molecule has 30 heavy (non-hydrogen) atoms. The van der Waals surface area contributed by atoms with E-state index in [4.69, 9.17) is 4.42 Å². The maximum Gasteiger partial charge on any atom is 0.263 e.